The van der Waals surface area contributed by atoms with Gasteiger partial charge in [-0.3, -0.25) is 14.9 Å². The summed E-state index contributed by atoms with van der Waals surface area (Å²) in [6, 6.07) is 3.49. The Hall–Kier alpha value is -2.02. The van der Waals surface area contributed by atoms with Crippen molar-refractivity contribution >= 4 is 17.3 Å². The van der Waals surface area contributed by atoms with Gasteiger partial charge in [0.15, 0.2) is 6.04 Å². The largest absolute Gasteiger partial charge is 0.334 e. The molecule has 0 spiro atoms. The Morgan fingerprint density at radius 2 is 2.13 bits per heavy atom. The summed E-state index contributed by atoms with van der Waals surface area (Å²) in [5.41, 5.74) is -0.402. The zero-order valence-corrected chi connectivity index (χ0v) is 13.4. The number of hydrogen-bond acceptors (Lipinski definition) is 3. The van der Waals surface area contributed by atoms with Crippen LogP contribution < -0.4 is 10.6 Å². The molecule has 2 rings (SSSR count). The maximum Gasteiger partial charge on any atom is 0.306 e. The molecule has 3 atom stereocenters. The van der Waals surface area contributed by atoms with Crippen molar-refractivity contribution in [2.24, 2.45) is 5.92 Å². The maximum absolute atomic E-state index is 13.3. The number of carbonyl (C=O) groups excluding carboxylic acids is 1. The normalized spacial score (nSPS) is 22.4. The molecule has 0 heterocycles. The molecule has 23 heavy (non-hydrogen) atoms. The van der Waals surface area contributed by atoms with Crippen LogP contribution in [0.1, 0.15) is 39.5 Å². The minimum atomic E-state index is -0.913. The molecule has 1 aliphatic rings. The number of hydrogen-bond donors (Lipinski definition) is 2. The van der Waals surface area contributed by atoms with Crippen LogP contribution in [0.15, 0.2) is 18.2 Å². The van der Waals surface area contributed by atoms with Crippen molar-refractivity contribution in [3.05, 3.63) is 34.1 Å². The van der Waals surface area contributed by atoms with Crippen molar-refractivity contribution in [3.63, 3.8) is 0 Å². The molecule has 0 bridgehead atoms. The van der Waals surface area contributed by atoms with Gasteiger partial charge in [-0.2, -0.15) is 4.39 Å². The smallest absolute Gasteiger partial charge is 0.306 e. The van der Waals surface area contributed by atoms with Crippen LogP contribution in [0.25, 0.3) is 0 Å². The molecular weight excluding hydrogens is 301 g/mol. The van der Waals surface area contributed by atoms with Gasteiger partial charge in [-0.15, -0.1) is 0 Å². The summed E-state index contributed by atoms with van der Waals surface area (Å²) in [5.74, 6) is -0.571. The first-order valence-corrected chi connectivity index (χ1v) is 7.98. The molecule has 1 amide bonds. The highest BCUT2D eigenvalue weighted by Crippen LogP contribution is 2.22. The second-order valence-electron chi connectivity index (χ2n) is 6.32. The lowest BCUT2D eigenvalue weighted by Crippen LogP contribution is -2.97. The van der Waals surface area contributed by atoms with E-state index in [9.17, 15) is 19.3 Å². The average Bonchev–Trinajstić information content (AvgIpc) is 2.51. The Morgan fingerprint density at radius 3 is 2.78 bits per heavy atom. The molecule has 1 fully saturated rings. The van der Waals surface area contributed by atoms with Gasteiger partial charge in [-0.05, 0) is 38.3 Å². The summed E-state index contributed by atoms with van der Waals surface area (Å²) in [7, 11) is 0. The number of nitrogens with zero attached hydrogens (tertiary/aromatic N) is 1. The third-order valence-corrected chi connectivity index (χ3v) is 4.54. The van der Waals surface area contributed by atoms with E-state index < -0.39 is 16.4 Å². The number of amides is 1. The molecule has 1 aromatic carbocycles. The minimum absolute atomic E-state index is 0.233. The fourth-order valence-corrected chi connectivity index (χ4v) is 3.08. The zero-order chi connectivity index (χ0) is 17.0. The Kier molecular flexibility index (Phi) is 5.65. The highest BCUT2D eigenvalue weighted by Gasteiger charge is 2.28. The van der Waals surface area contributed by atoms with Crippen LogP contribution in [-0.2, 0) is 4.79 Å². The minimum Gasteiger partial charge on any atom is -0.334 e. The van der Waals surface area contributed by atoms with Crippen molar-refractivity contribution in [1.82, 2.24) is 0 Å². The van der Waals surface area contributed by atoms with E-state index in [1.165, 1.54) is 25.3 Å². The van der Waals surface area contributed by atoms with Gasteiger partial charge in [0.2, 0.25) is 5.82 Å². The number of nitro benzene ring substituents is 1. The van der Waals surface area contributed by atoms with E-state index in [1.807, 2.05) is 6.92 Å². The first-order chi connectivity index (χ1) is 10.9. The number of nitrogens with two attached hydrogens (primary N) is 1. The summed E-state index contributed by atoms with van der Waals surface area (Å²) < 4.78 is 13.3. The van der Waals surface area contributed by atoms with Gasteiger partial charge in [0.05, 0.1) is 11.0 Å². The Balaban J connectivity index is 1.98. The van der Waals surface area contributed by atoms with Crippen molar-refractivity contribution in [3.8, 4) is 0 Å². The molecule has 0 aliphatic heterocycles. The molecule has 126 valence electrons. The molecule has 6 nitrogen and oxygen atoms in total. The molecule has 1 aromatic rings. The summed E-state index contributed by atoms with van der Waals surface area (Å²) in [6.07, 6.45) is 4.70. The molecule has 1 aliphatic carbocycles. The van der Waals surface area contributed by atoms with Gasteiger partial charge in [-0.25, -0.2) is 0 Å². The molecule has 0 aromatic heterocycles. The van der Waals surface area contributed by atoms with Crippen molar-refractivity contribution in [1.29, 1.82) is 0 Å². The van der Waals surface area contributed by atoms with Crippen LogP contribution in [0, 0.1) is 21.8 Å². The third kappa shape index (κ3) is 4.48. The average molecular weight is 324 g/mol. The monoisotopic (exact) mass is 324 g/mol. The zero-order valence-electron chi connectivity index (χ0n) is 13.4. The number of quaternary nitrogens is 1. The predicted molar refractivity (Wildman–Crippen MR) is 84.5 cm³/mol. The van der Waals surface area contributed by atoms with Gasteiger partial charge in [0.1, 0.15) is 0 Å². The quantitative estimate of drug-likeness (QED) is 0.643. The van der Waals surface area contributed by atoms with Crippen LogP contribution in [0.5, 0.6) is 0 Å². The highest BCUT2D eigenvalue weighted by molar-refractivity contribution is 5.93. The summed E-state index contributed by atoms with van der Waals surface area (Å²) in [4.78, 5) is 22.2. The topological polar surface area (TPSA) is 88.8 Å². The summed E-state index contributed by atoms with van der Waals surface area (Å²) in [6.45, 7) is 4.02. The van der Waals surface area contributed by atoms with E-state index >= 15 is 0 Å². The van der Waals surface area contributed by atoms with E-state index in [4.69, 9.17) is 0 Å². The van der Waals surface area contributed by atoms with Gasteiger partial charge in [-0.1, -0.05) is 13.3 Å². The number of carbonyl (C=O) groups is 1. The number of anilines is 1. The lowest BCUT2D eigenvalue weighted by Gasteiger charge is -2.28. The molecular formula is C16H23FN3O3+. The highest BCUT2D eigenvalue weighted by atomic mass is 19.1. The van der Waals surface area contributed by atoms with Gasteiger partial charge < -0.3 is 10.6 Å². The Bertz CT molecular complexity index is 594. The van der Waals surface area contributed by atoms with Gasteiger partial charge in [0.25, 0.3) is 5.91 Å². The number of halogens is 1. The van der Waals surface area contributed by atoms with E-state index in [0.29, 0.717) is 12.0 Å². The first-order valence-electron chi connectivity index (χ1n) is 7.98. The molecule has 0 unspecified atom stereocenters. The Morgan fingerprint density at radius 1 is 1.43 bits per heavy atom. The number of nitro groups is 1. The SMILES string of the molecule is C[C@H]([NH2+][C@H]1CCCC[C@H]1C)C(=O)Nc1ccc(F)c([N+](=O)[O-])c1. The van der Waals surface area contributed by atoms with E-state index in [0.717, 1.165) is 18.6 Å². The lowest BCUT2D eigenvalue weighted by molar-refractivity contribution is -0.714. The van der Waals surface area contributed by atoms with Crippen molar-refractivity contribution in [2.45, 2.75) is 51.6 Å². The molecule has 3 N–H and O–H groups in total. The number of rotatable bonds is 5. The molecule has 1 saturated carbocycles. The Labute approximate surface area is 134 Å². The van der Waals surface area contributed by atoms with Crippen molar-refractivity contribution in [2.75, 3.05) is 5.32 Å². The lowest BCUT2D eigenvalue weighted by atomic mass is 9.85. The summed E-state index contributed by atoms with van der Waals surface area (Å²) in [5, 5.41) is 15.4. The van der Waals surface area contributed by atoms with Crippen LogP contribution in [0.3, 0.4) is 0 Å². The fraction of sp³-hybridized carbons (Fsp3) is 0.562. The third-order valence-electron chi connectivity index (χ3n) is 4.54. The fourth-order valence-electron chi connectivity index (χ4n) is 3.08. The second-order valence-corrected chi connectivity index (χ2v) is 6.32. The van der Waals surface area contributed by atoms with E-state index in [1.54, 1.807) is 0 Å². The van der Waals surface area contributed by atoms with Crippen molar-refractivity contribution < 1.29 is 19.4 Å². The first kappa shape index (κ1) is 17.3. The summed E-state index contributed by atoms with van der Waals surface area (Å²) >= 11 is 0. The number of nitrogens with one attached hydrogen (secondary N) is 1. The van der Waals surface area contributed by atoms with E-state index in [-0.39, 0.29) is 17.6 Å². The van der Waals surface area contributed by atoms with Crippen LogP contribution >= 0.6 is 0 Å². The second kappa shape index (κ2) is 7.50. The van der Waals surface area contributed by atoms with Gasteiger partial charge in [0, 0.05) is 17.7 Å². The van der Waals surface area contributed by atoms with Crippen LogP contribution in [-0.4, -0.2) is 22.9 Å². The van der Waals surface area contributed by atoms with Crippen LogP contribution in [0.4, 0.5) is 15.8 Å². The molecule has 0 radical (unpaired) electrons. The van der Waals surface area contributed by atoms with E-state index in [2.05, 4.69) is 17.6 Å². The van der Waals surface area contributed by atoms with Crippen LogP contribution in [0.2, 0.25) is 0 Å². The predicted octanol–water partition coefficient (Wildman–Crippen LogP) is 2.20. The van der Waals surface area contributed by atoms with Gasteiger partial charge >= 0.3 is 5.69 Å². The molecule has 0 saturated heterocycles. The maximum atomic E-state index is 13.3. The standard InChI is InChI=1S/C16H22FN3O3/c1-10-5-3-4-6-14(10)18-11(2)16(21)19-12-7-8-13(17)15(9-12)20(22)23/h7-11,14,18H,3-6H2,1-2H3,(H,19,21)/p+1/t10-,11+,14+/m1/s1. The number of benzene rings is 1. The molecule has 7 heteroatoms.